The molecular weight excluding hydrogens is 551 g/mol. The number of alkyl halides is 1. The number of benzene rings is 2. The van der Waals surface area contributed by atoms with Crippen molar-refractivity contribution in [1.82, 2.24) is 10.2 Å². The standard InChI is InChI=1S/C28H36BBrN2O6/c1-28(2,3)38-17-19(15-32(25(33)14-29)16-26(34)36-13-12-30)31-27(35)37-18-24-22-10-6-4-8-20(22)21-9-5-7-11-23(21)24/h4-11,19,24H,12-18,29H2,1-3H3,(H,31,35)/t19-/m1/s1. The smallest absolute Gasteiger partial charge is 0.407 e. The lowest BCUT2D eigenvalue weighted by molar-refractivity contribution is -0.148. The number of carbonyl (C=O) groups excluding carboxylic acids is 3. The molecule has 0 fully saturated rings. The minimum absolute atomic E-state index is 0.0696. The maximum Gasteiger partial charge on any atom is 0.407 e. The normalized spacial score (nSPS) is 13.3. The fourth-order valence-electron chi connectivity index (χ4n) is 4.40. The van der Waals surface area contributed by atoms with E-state index in [0.29, 0.717) is 5.33 Å². The molecule has 0 radical (unpaired) electrons. The minimum atomic E-state index is -0.611. The number of hydrogen-bond donors (Lipinski definition) is 1. The van der Waals surface area contributed by atoms with Crippen LogP contribution in [-0.2, 0) is 23.8 Å². The summed E-state index contributed by atoms with van der Waals surface area (Å²) in [7, 11) is 1.72. The molecule has 0 unspecified atom stereocenters. The first kappa shape index (κ1) is 29.7. The summed E-state index contributed by atoms with van der Waals surface area (Å²) in [5.41, 5.74) is 4.07. The number of amides is 2. The van der Waals surface area contributed by atoms with E-state index in [1.54, 1.807) is 7.85 Å². The summed E-state index contributed by atoms with van der Waals surface area (Å²) in [5.74, 6) is -0.807. The number of ether oxygens (including phenoxy) is 3. The van der Waals surface area contributed by atoms with Gasteiger partial charge in [-0.05, 0) is 49.3 Å². The highest BCUT2D eigenvalue weighted by Crippen LogP contribution is 2.44. The van der Waals surface area contributed by atoms with Crippen molar-refractivity contribution in [2.75, 3.05) is 38.2 Å². The second-order valence-electron chi connectivity index (χ2n) is 10.1. The van der Waals surface area contributed by atoms with Crippen LogP contribution in [0.5, 0.6) is 0 Å². The Labute approximate surface area is 233 Å². The summed E-state index contributed by atoms with van der Waals surface area (Å²) >= 11 is 3.21. The van der Waals surface area contributed by atoms with Crippen LogP contribution in [0.15, 0.2) is 48.5 Å². The van der Waals surface area contributed by atoms with Gasteiger partial charge in [-0.2, -0.15) is 0 Å². The molecule has 1 aliphatic carbocycles. The first-order valence-corrected chi connectivity index (χ1v) is 14.0. The molecule has 38 heavy (non-hydrogen) atoms. The Morgan fingerprint density at radius 1 is 1.03 bits per heavy atom. The number of hydrogen-bond acceptors (Lipinski definition) is 6. The summed E-state index contributed by atoms with van der Waals surface area (Å²) < 4.78 is 16.7. The Kier molecular flexibility index (Phi) is 10.8. The van der Waals surface area contributed by atoms with Gasteiger partial charge in [0, 0.05) is 17.8 Å². The van der Waals surface area contributed by atoms with Gasteiger partial charge in [0.05, 0.1) is 18.2 Å². The summed E-state index contributed by atoms with van der Waals surface area (Å²) in [6.45, 7) is 6.11. The van der Waals surface area contributed by atoms with Crippen molar-refractivity contribution in [1.29, 1.82) is 0 Å². The van der Waals surface area contributed by atoms with Crippen molar-refractivity contribution in [2.45, 2.75) is 44.7 Å². The quantitative estimate of drug-likeness (QED) is 0.232. The summed E-state index contributed by atoms with van der Waals surface area (Å²) in [4.78, 5) is 39.2. The van der Waals surface area contributed by atoms with Gasteiger partial charge in [0.25, 0.3) is 0 Å². The molecule has 1 aliphatic rings. The first-order valence-electron chi connectivity index (χ1n) is 12.9. The van der Waals surface area contributed by atoms with Gasteiger partial charge in [-0.1, -0.05) is 64.5 Å². The Balaban J connectivity index is 1.68. The van der Waals surface area contributed by atoms with E-state index >= 15 is 0 Å². The third kappa shape index (κ3) is 8.33. The molecule has 8 nitrogen and oxygen atoms in total. The molecule has 1 N–H and O–H groups in total. The van der Waals surface area contributed by atoms with Crippen molar-refractivity contribution in [3.05, 3.63) is 59.7 Å². The van der Waals surface area contributed by atoms with Gasteiger partial charge in [0.15, 0.2) is 0 Å². The molecule has 0 spiro atoms. The zero-order valence-corrected chi connectivity index (χ0v) is 24.1. The van der Waals surface area contributed by atoms with Crippen molar-refractivity contribution < 1.29 is 28.6 Å². The SMILES string of the molecule is BCC(=O)N(CC(=O)OCCBr)C[C@H](COC(C)(C)C)NC(=O)OCC1c2ccccc2-c2ccccc21. The van der Waals surface area contributed by atoms with Crippen LogP contribution in [0.25, 0.3) is 11.1 Å². The summed E-state index contributed by atoms with van der Waals surface area (Å²) in [6, 6.07) is 15.7. The zero-order valence-electron chi connectivity index (χ0n) is 22.5. The van der Waals surface area contributed by atoms with Crippen molar-refractivity contribution in [3.63, 3.8) is 0 Å². The van der Waals surface area contributed by atoms with Gasteiger partial charge in [-0.15, -0.1) is 0 Å². The van der Waals surface area contributed by atoms with Gasteiger partial charge in [-0.3, -0.25) is 9.59 Å². The number of carbonyl (C=O) groups is 3. The maximum atomic E-state index is 13.0. The monoisotopic (exact) mass is 586 g/mol. The fraction of sp³-hybridized carbons (Fsp3) is 0.464. The predicted molar refractivity (Wildman–Crippen MR) is 152 cm³/mol. The molecule has 0 heterocycles. The number of halogens is 1. The number of nitrogens with one attached hydrogen (secondary N) is 1. The highest BCUT2D eigenvalue weighted by atomic mass is 79.9. The Bertz CT molecular complexity index is 1080. The molecule has 0 bridgehead atoms. The van der Waals surface area contributed by atoms with Gasteiger partial charge in [0.2, 0.25) is 5.91 Å². The molecule has 0 aromatic heterocycles. The highest BCUT2D eigenvalue weighted by Gasteiger charge is 2.30. The molecule has 0 aliphatic heterocycles. The number of rotatable bonds is 12. The Morgan fingerprint density at radius 2 is 1.63 bits per heavy atom. The molecule has 2 aromatic carbocycles. The van der Waals surface area contributed by atoms with E-state index in [0.717, 1.165) is 22.3 Å². The van der Waals surface area contributed by atoms with E-state index < -0.39 is 23.7 Å². The molecule has 0 saturated heterocycles. The number of alkyl carbamates (subject to hydrolysis) is 1. The van der Waals surface area contributed by atoms with Crippen LogP contribution in [0.4, 0.5) is 4.79 Å². The molecule has 2 amide bonds. The van der Waals surface area contributed by atoms with Crippen molar-refractivity contribution in [2.24, 2.45) is 0 Å². The Hall–Kier alpha value is -2.85. The number of nitrogens with zero attached hydrogens (tertiary/aromatic N) is 1. The van der Waals surface area contributed by atoms with Gasteiger partial charge in [-0.25, -0.2) is 4.79 Å². The van der Waals surface area contributed by atoms with Crippen LogP contribution in [0.3, 0.4) is 0 Å². The molecule has 3 rings (SSSR count). The molecule has 2 aromatic rings. The molecule has 10 heteroatoms. The maximum absolute atomic E-state index is 13.0. The van der Waals surface area contributed by atoms with Gasteiger partial charge < -0.3 is 24.4 Å². The second-order valence-corrected chi connectivity index (χ2v) is 10.9. The average Bonchev–Trinajstić information content (AvgIpc) is 3.21. The minimum Gasteiger partial charge on any atom is -0.463 e. The molecule has 0 saturated carbocycles. The van der Waals surface area contributed by atoms with Crippen LogP contribution in [0.2, 0.25) is 6.32 Å². The highest BCUT2D eigenvalue weighted by molar-refractivity contribution is 9.09. The van der Waals surface area contributed by atoms with Crippen molar-refractivity contribution in [3.8, 4) is 11.1 Å². The van der Waals surface area contributed by atoms with E-state index in [9.17, 15) is 14.4 Å². The average molecular weight is 587 g/mol. The first-order chi connectivity index (χ1) is 18.1. The lowest BCUT2D eigenvalue weighted by atomic mass is 9.98. The van der Waals surface area contributed by atoms with Crippen LogP contribution in [0.1, 0.15) is 37.8 Å². The second kappa shape index (κ2) is 13.8. The van der Waals surface area contributed by atoms with Gasteiger partial charge in [0.1, 0.15) is 27.6 Å². The van der Waals surface area contributed by atoms with E-state index in [1.165, 1.54) is 4.90 Å². The van der Waals surface area contributed by atoms with Crippen molar-refractivity contribution >= 4 is 41.7 Å². The zero-order chi connectivity index (χ0) is 27.7. The third-order valence-electron chi connectivity index (χ3n) is 6.14. The number of fused-ring (bicyclic) bond motifs is 3. The van der Waals surface area contributed by atoms with E-state index in [4.69, 9.17) is 14.2 Å². The molecular formula is C28H36BBrN2O6. The summed E-state index contributed by atoms with van der Waals surface area (Å²) in [6.07, 6.45) is -0.399. The van der Waals surface area contributed by atoms with Crippen LogP contribution in [0, 0.1) is 0 Å². The largest absolute Gasteiger partial charge is 0.463 e. The van der Waals surface area contributed by atoms with Gasteiger partial charge >= 0.3 is 12.1 Å². The molecule has 1 atom stereocenters. The molecule has 204 valence electrons. The lowest BCUT2D eigenvalue weighted by Gasteiger charge is -2.30. The van der Waals surface area contributed by atoms with Crippen LogP contribution < -0.4 is 5.32 Å². The van der Waals surface area contributed by atoms with E-state index in [1.807, 2.05) is 45.0 Å². The van der Waals surface area contributed by atoms with E-state index in [2.05, 4.69) is 45.5 Å². The van der Waals surface area contributed by atoms with Crippen LogP contribution in [-0.4, -0.2) is 80.6 Å². The topological polar surface area (TPSA) is 94.2 Å². The lowest BCUT2D eigenvalue weighted by Crippen LogP contribution is -2.50. The summed E-state index contributed by atoms with van der Waals surface area (Å²) in [5, 5.41) is 3.35. The predicted octanol–water partition coefficient (Wildman–Crippen LogP) is 3.53. The van der Waals surface area contributed by atoms with Crippen LogP contribution >= 0.6 is 15.9 Å². The van der Waals surface area contributed by atoms with E-state index in [-0.39, 0.29) is 51.1 Å². The number of esters is 1. The fourth-order valence-corrected chi connectivity index (χ4v) is 4.56. The third-order valence-corrected chi connectivity index (χ3v) is 6.46. The Morgan fingerprint density at radius 3 is 2.18 bits per heavy atom.